The van der Waals surface area contributed by atoms with E-state index >= 15 is 0 Å². The number of nitriles is 1. The van der Waals surface area contributed by atoms with Crippen molar-refractivity contribution in [2.75, 3.05) is 32.1 Å². The lowest BCUT2D eigenvalue weighted by molar-refractivity contribution is 0.414. The summed E-state index contributed by atoms with van der Waals surface area (Å²) in [5.41, 5.74) is 0.527. The van der Waals surface area contributed by atoms with Crippen LogP contribution >= 0.6 is 0 Å². The van der Waals surface area contributed by atoms with Gasteiger partial charge in [-0.2, -0.15) is 5.26 Å². The molecule has 0 fully saturated rings. The number of anilines is 1. The molecule has 0 aromatic heterocycles. The summed E-state index contributed by atoms with van der Waals surface area (Å²) >= 11 is 0. The summed E-state index contributed by atoms with van der Waals surface area (Å²) in [6.07, 6.45) is 0. The quantitative estimate of drug-likeness (QED) is 0.835. The van der Waals surface area contributed by atoms with Gasteiger partial charge in [-0.05, 0) is 37.7 Å². The van der Waals surface area contributed by atoms with Crippen molar-refractivity contribution in [3.63, 3.8) is 0 Å². The maximum atomic E-state index is 9.24. The maximum absolute atomic E-state index is 9.24. The largest absolute Gasteiger partial charge is 0.497 e. The summed E-state index contributed by atoms with van der Waals surface area (Å²) in [5.74, 6) is 0.835. The molecule has 1 aromatic carbocycles. The number of hydrogen-bond donors (Lipinski definition) is 1. The predicted molar refractivity (Wildman–Crippen MR) is 74.0 cm³/mol. The number of benzene rings is 1. The number of methoxy groups -OCH3 is 1. The monoisotopic (exact) mass is 247 g/mol. The minimum absolute atomic E-state index is 0.538. The van der Waals surface area contributed by atoms with Crippen molar-refractivity contribution < 1.29 is 4.74 Å². The lowest BCUT2D eigenvalue weighted by Crippen LogP contribution is -2.49. The van der Waals surface area contributed by atoms with Gasteiger partial charge in [0.2, 0.25) is 0 Å². The molecule has 1 rings (SSSR count). The van der Waals surface area contributed by atoms with Gasteiger partial charge in [0.05, 0.1) is 13.2 Å². The summed E-state index contributed by atoms with van der Waals surface area (Å²) in [6.45, 7) is 5.32. The highest BCUT2D eigenvalue weighted by molar-refractivity contribution is 5.49. The van der Waals surface area contributed by atoms with Crippen LogP contribution in [0.25, 0.3) is 0 Å². The molecule has 0 heterocycles. The van der Waals surface area contributed by atoms with E-state index in [0.29, 0.717) is 6.54 Å². The van der Waals surface area contributed by atoms with E-state index in [0.717, 1.165) is 18.0 Å². The smallest absolute Gasteiger partial charge is 0.121 e. The molecule has 18 heavy (non-hydrogen) atoms. The molecule has 4 nitrogen and oxygen atoms in total. The minimum Gasteiger partial charge on any atom is -0.497 e. The van der Waals surface area contributed by atoms with Crippen molar-refractivity contribution in [3.05, 3.63) is 24.3 Å². The highest BCUT2D eigenvalue weighted by Gasteiger charge is 2.24. The second-order valence-corrected chi connectivity index (χ2v) is 4.53. The average molecular weight is 247 g/mol. The Morgan fingerprint density at radius 1 is 1.39 bits per heavy atom. The first kappa shape index (κ1) is 14.3. The molecule has 0 spiro atoms. The van der Waals surface area contributed by atoms with E-state index in [9.17, 15) is 5.26 Å². The van der Waals surface area contributed by atoms with E-state index in [4.69, 9.17) is 4.74 Å². The summed E-state index contributed by atoms with van der Waals surface area (Å²) in [4.78, 5) is 2.06. The molecule has 1 N–H and O–H groups in total. The van der Waals surface area contributed by atoms with Crippen LogP contribution in [0.5, 0.6) is 5.75 Å². The van der Waals surface area contributed by atoms with E-state index in [2.05, 4.69) is 16.3 Å². The fourth-order valence-electron chi connectivity index (χ4n) is 1.92. The molecule has 0 radical (unpaired) electrons. The predicted octanol–water partition coefficient (Wildman–Crippen LogP) is 2.02. The normalized spacial score (nSPS) is 13.5. The Morgan fingerprint density at radius 2 is 2.00 bits per heavy atom. The second kappa shape index (κ2) is 6.27. The third-order valence-electron chi connectivity index (χ3n) is 2.88. The van der Waals surface area contributed by atoms with Gasteiger partial charge in [0, 0.05) is 19.3 Å². The summed E-state index contributed by atoms with van der Waals surface area (Å²) < 4.78 is 5.13. The molecule has 1 atom stereocenters. The lowest BCUT2D eigenvalue weighted by Gasteiger charge is -2.30. The Labute approximate surface area is 109 Å². The van der Waals surface area contributed by atoms with Crippen molar-refractivity contribution >= 4 is 5.69 Å². The topological polar surface area (TPSA) is 48.3 Å². The minimum atomic E-state index is -0.538. The molecule has 4 heteroatoms. The summed E-state index contributed by atoms with van der Waals surface area (Å²) in [5, 5.41) is 12.4. The lowest BCUT2D eigenvalue weighted by atomic mass is 10.0. The third-order valence-corrected chi connectivity index (χ3v) is 2.88. The van der Waals surface area contributed by atoms with Crippen molar-refractivity contribution in [3.8, 4) is 11.8 Å². The van der Waals surface area contributed by atoms with Crippen LogP contribution in [0.1, 0.15) is 13.8 Å². The van der Waals surface area contributed by atoms with Gasteiger partial charge in [0.15, 0.2) is 0 Å². The van der Waals surface area contributed by atoms with E-state index in [1.807, 2.05) is 45.2 Å². The van der Waals surface area contributed by atoms with Gasteiger partial charge < -0.3 is 9.64 Å². The number of hydrogen-bond acceptors (Lipinski definition) is 4. The molecule has 1 unspecified atom stereocenters. The average Bonchev–Trinajstić information content (AvgIpc) is 2.39. The van der Waals surface area contributed by atoms with Crippen LogP contribution in [0, 0.1) is 11.3 Å². The fraction of sp³-hybridized carbons (Fsp3) is 0.500. The van der Waals surface area contributed by atoms with Gasteiger partial charge in [-0.25, -0.2) is 0 Å². The third kappa shape index (κ3) is 3.64. The van der Waals surface area contributed by atoms with Crippen molar-refractivity contribution in [1.82, 2.24) is 5.32 Å². The van der Waals surface area contributed by atoms with Crippen LogP contribution in [0.2, 0.25) is 0 Å². The molecular formula is C14H21N3O. The SMILES string of the molecule is CCNC(C)(C#N)CN(C)c1ccc(OC)cc1. The zero-order chi connectivity index (χ0) is 13.6. The zero-order valence-electron chi connectivity index (χ0n) is 11.5. The number of likely N-dealkylation sites (N-methyl/N-ethyl adjacent to an activating group) is 2. The summed E-state index contributed by atoms with van der Waals surface area (Å²) in [7, 11) is 3.63. The molecule has 0 saturated carbocycles. The van der Waals surface area contributed by atoms with Gasteiger partial charge in [0.25, 0.3) is 0 Å². The van der Waals surface area contributed by atoms with Crippen LogP contribution in [0.3, 0.4) is 0 Å². The first-order valence-electron chi connectivity index (χ1n) is 6.06. The Morgan fingerprint density at radius 3 is 2.44 bits per heavy atom. The number of ether oxygens (including phenoxy) is 1. The molecule has 0 bridgehead atoms. The maximum Gasteiger partial charge on any atom is 0.121 e. The van der Waals surface area contributed by atoms with Gasteiger partial charge in [-0.1, -0.05) is 6.92 Å². The van der Waals surface area contributed by atoms with Crippen molar-refractivity contribution in [1.29, 1.82) is 5.26 Å². The van der Waals surface area contributed by atoms with E-state index in [1.165, 1.54) is 0 Å². The van der Waals surface area contributed by atoms with Gasteiger partial charge >= 0.3 is 0 Å². The standard InChI is InChI=1S/C14H21N3O/c1-5-16-14(2,10-15)11-17(3)12-6-8-13(18-4)9-7-12/h6-9,16H,5,11H2,1-4H3. The Bertz CT molecular complexity index is 410. The molecular weight excluding hydrogens is 226 g/mol. The van der Waals surface area contributed by atoms with E-state index < -0.39 is 5.54 Å². The van der Waals surface area contributed by atoms with Crippen molar-refractivity contribution in [2.45, 2.75) is 19.4 Å². The molecule has 0 aliphatic rings. The highest BCUT2D eigenvalue weighted by atomic mass is 16.5. The van der Waals surface area contributed by atoms with Gasteiger partial charge in [-0.3, -0.25) is 5.32 Å². The number of nitrogens with zero attached hydrogens (tertiary/aromatic N) is 2. The van der Waals surface area contributed by atoms with Crippen LogP contribution in [-0.4, -0.2) is 32.8 Å². The first-order valence-corrected chi connectivity index (χ1v) is 6.06. The Balaban J connectivity index is 2.74. The number of nitrogens with one attached hydrogen (secondary N) is 1. The zero-order valence-corrected chi connectivity index (χ0v) is 11.5. The molecule has 1 aromatic rings. The Kier molecular flexibility index (Phi) is 4.99. The molecule has 0 aliphatic carbocycles. The summed E-state index contributed by atoms with van der Waals surface area (Å²) in [6, 6.07) is 10.1. The molecule has 0 amide bonds. The molecule has 98 valence electrons. The molecule has 0 saturated heterocycles. The second-order valence-electron chi connectivity index (χ2n) is 4.53. The van der Waals surface area contributed by atoms with Crippen LogP contribution in [0.4, 0.5) is 5.69 Å². The Hall–Kier alpha value is -1.73. The number of rotatable bonds is 6. The van der Waals surface area contributed by atoms with E-state index in [-0.39, 0.29) is 0 Å². The van der Waals surface area contributed by atoms with Crippen LogP contribution in [-0.2, 0) is 0 Å². The van der Waals surface area contributed by atoms with Crippen molar-refractivity contribution in [2.24, 2.45) is 0 Å². The first-order chi connectivity index (χ1) is 8.54. The van der Waals surface area contributed by atoms with Gasteiger partial charge in [-0.15, -0.1) is 0 Å². The highest BCUT2D eigenvalue weighted by Crippen LogP contribution is 2.19. The molecule has 0 aliphatic heterocycles. The van der Waals surface area contributed by atoms with Crippen LogP contribution < -0.4 is 15.0 Å². The van der Waals surface area contributed by atoms with Crippen LogP contribution in [0.15, 0.2) is 24.3 Å². The fourth-order valence-corrected chi connectivity index (χ4v) is 1.92. The van der Waals surface area contributed by atoms with E-state index in [1.54, 1.807) is 7.11 Å². The van der Waals surface area contributed by atoms with Gasteiger partial charge in [0.1, 0.15) is 11.3 Å².